The van der Waals surface area contributed by atoms with Crippen molar-refractivity contribution in [2.75, 3.05) is 6.61 Å². The minimum atomic E-state index is -3.64. The summed E-state index contributed by atoms with van der Waals surface area (Å²) < 4.78 is 26.0. The van der Waals surface area contributed by atoms with Crippen LogP contribution in [-0.4, -0.2) is 31.2 Å². The SMILES string of the molecule is CC[C@H](CO)NS(=O)(=O)c1ccnc(Cl)c1. The van der Waals surface area contributed by atoms with E-state index in [2.05, 4.69) is 9.71 Å². The summed E-state index contributed by atoms with van der Waals surface area (Å²) in [6.07, 6.45) is 1.82. The van der Waals surface area contributed by atoms with Crippen LogP contribution < -0.4 is 4.72 Å². The Balaban J connectivity index is 2.94. The van der Waals surface area contributed by atoms with E-state index in [0.717, 1.165) is 0 Å². The molecule has 0 saturated heterocycles. The van der Waals surface area contributed by atoms with Gasteiger partial charge in [0.15, 0.2) is 0 Å². The topological polar surface area (TPSA) is 79.3 Å². The quantitative estimate of drug-likeness (QED) is 0.771. The molecule has 0 spiro atoms. The van der Waals surface area contributed by atoms with Gasteiger partial charge in [-0.3, -0.25) is 0 Å². The van der Waals surface area contributed by atoms with E-state index in [1.54, 1.807) is 6.92 Å². The second-order valence-corrected chi connectivity index (χ2v) is 5.32. The van der Waals surface area contributed by atoms with Crippen molar-refractivity contribution in [3.05, 3.63) is 23.5 Å². The van der Waals surface area contributed by atoms with E-state index in [0.29, 0.717) is 6.42 Å². The average molecular weight is 265 g/mol. The highest BCUT2D eigenvalue weighted by atomic mass is 35.5. The Bertz CT molecular complexity index is 446. The van der Waals surface area contributed by atoms with Crippen LogP contribution in [0.15, 0.2) is 23.2 Å². The van der Waals surface area contributed by atoms with Crippen LogP contribution in [0.1, 0.15) is 13.3 Å². The van der Waals surface area contributed by atoms with Crippen LogP contribution in [0.25, 0.3) is 0 Å². The van der Waals surface area contributed by atoms with Crippen molar-refractivity contribution in [2.24, 2.45) is 0 Å². The van der Waals surface area contributed by atoms with Crippen LogP contribution in [0, 0.1) is 0 Å². The molecule has 0 aromatic carbocycles. The number of aliphatic hydroxyl groups is 1. The molecule has 0 aliphatic rings. The molecule has 0 saturated carbocycles. The fourth-order valence-electron chi connectivity index (χ4n) is 1.09. The van der Waals surface area contributed by atoms with Gasteiger partial charge in [-0.2, -0.15) is 0 Å². The van der Waals surface area contributed by atoms with Gasteiger partial charge in [0.05, 0.1) is 11.5 Å². The number of hydrogen-bond acceptors (Lipinski definition) is 4. The normalized spacial score (nSPS) is 13.7. The first-order valence-electron chi connectivity index (χ1n) is 4.74. The summed E-state index contributed by atoms with van der Waals surface area (Å²) >= 11 is 5.60. The first-order chi connectivity index (χ1) is 7.49. The molecule has 0 amide bonds. The van der Waals surface area contributed by atoms with Gasteiger partial charge in [0, 0.05) is 12.2 Å². The molecule has 1 aromatic rings. The highest BCUT2D eigenvalue weighted by molar-refractivity contribution is 7.89. The molecule has 0 bridgehead atoms. The number of aliphatic hydroxyl groups excluding tert-OH is 1. The molecule has 1 atom stereocenters. The van der Waals surface area contributed by atoms with E-state index in [1.165, 1.54) is 18.3 Å². The maximum atomic E-state index is 11.8. The van der Waals surface area contributed by atoms with Gasteiger partial charge in [0.2, 0.25) is 10.0 Å². The number of aromatic nitrogens is 1. The van der Waals surface area contributed by atoms with Gasteiger partial charge in [-0.1, -0.05) is 18.5 Å². The van der Waals surface area contributed by atoms with Crippen LogP contribution >= 0.6 is 11.6 Å². The molecule has 0 unspecified atom stereocenters. The molecule has 1 rings (SSSR count). The third-order valence-corrected chi connectivity index (χ3v) is 3.77. The molecule has 1 aromatic heterocycles. The summed E-state index contributed by atoms with van der Waals surface area (Å²) in [5.41, 5.74) is 0. The molecule has 90 valence electrons. The largest absolute Gasteiger partial charge is 0.395 e. The molecule has 1 heterocycles. The van der Waals surface area contributed by atoms with Gasteiger partial charge < -0.3 is 5.11 Å². The van der Waals surface area contributed by atoms with Gasteiger partial charge in [0.1, 0.15) is 5.15 Å². The molecular weight excluding hydrogens is 252 g/mol. The van der Waals surface area contributed by atoms with E-state index in [1.807, 2.05) is 0 Å². The zero-order valence-corrected chi connectivity index (χ0v) is 10.3. The Morgan fingerprint density at radius 2 is 2.31 bits per heavy atom. The summed E-state index contributed by atoms with van der Waals surface area (Å²) in [5.74, 6) is 0. The molecule has 16 heavy (non-hydrogen) atoms. The number of halogens is 1. The van der Waals surface area contributed by atoms with Crippen molar-refractivity contribution in [2.45, 2.75) is 24.3 Å². The lowest BCUT2D eigenvalue weighted by molar-refractivity contribution is 0.254. The Morgan fingerprint density at radius 3 is 2.81 bits per heavy atom. The highest BCUT2D eigenvalue weighted by Gasteiger charge is 2.18. The van der Waals surface area contributed by atoms with E-state index < -0.39 is 16.1 Å². The van der Waals surface area contributed by atoms with E-state index in [-0.39, 0.29) is 16.7 Å². The smallest absolute Gasteiger partial charge is 0.241 e. The molecule has 0 aliphatic heterocycles. The summed E-state index contributed by atoms with van der Waals surface area (Å²) in [6, 6.07) is 2.11. The van der Waals surface area contributed by atoms with Crippen molar-refractivity contribution >= 4 is 21.6 Å². The second-order valence-electron chi connectivity index (χ2n) is 3.22. The number of nitrogens with one attached hydrogen (secondary N) is 1. The van der Waals surface area contributed by atoms with Gasteiger partial charge in [-0.25, -0.2) is 18.1 Å². The van der Waals surface area contributed by atoms with Crippen LogP contribution in [-0.2, 0) is 10.0 Å². The van der Waals surface area contributed by atoms with Gasteiger partial charge >= 0.3 is 0 Å². The van der Waals surface area contributed by atoms with Crippen LogP contribution in [0.3, 0.4) is 0 Å². The zero-order valence-electron chi connectivity index (χ0n) is 8.72. The molecule has 0 aliphatic carbocycles. The molecular formula is C9H13ClN2O3S. The van der Waals surface area contributed by atoms with Gasteiger partial charge in [-0.05, 0) is 18.6 Å². The van der Waals surface area contributed by atoms with E-state index in [9.17, 15) is 8.42 Å². The fourth-order valence-corrected chi connectivity index (χ4v) is 2.65. The third kappa shape index (κ3) is 3.41. The monoisotopic (exact) mass is 264 g/mol. The lowest BCUT2D eigenvalue weighted by Crippen LogP contribution is -2.36. The Morgan fingerprint density at radius 1 is 1.62 bits per heavy atom. The van der Waals surface area contributed by atoms with Crippen LogP contribution in [0.4, 0.5) is 0 Å². The molecule has 0 radical (unpaired) electrons. The van der Waals surface area contributed by atoms with Crippen molar-refractivity contribution < 1.29 is 13.5 Å². The highest BCUT2D eigenvalue weighted by Crippen LogP contribution is 2.13. The number of rotatable bonds is 5. The van der Waals surface area contributed by atoms with Crippen molar-refractivity contribution in [3.63, 3.8) is 0 Å². The average Bonchev–Trinajstić information content (AvgIpc) is 2.26. The van der Waals surface area contributed by atoms with Gasteiger partial charge in [-0.15, -0.1) is 0 Å². The number of hydrogen-bond donors (Lipinski definition) is 2. The zero-order chi connectivity index (χ0) is 12.2. The maximum Gasteiger partial charge on any atom is 0.241 e. The predicted octanol–water partition coefficient (Wildman–Crippen LogP) is 0.784. The Hall–Kier alpha value is -0.690. The minimum absolute atomic E-state index is 0.0411. The van der Waals surface area contributed by atoms with Crippen molar-refractivity contribution in [1.29, 1.82) is 0 Å². The van der Waals surface area contributed by atoms with Gasteiger partial charge in [0.25, 0.3) is 0 Å². The first-order valence-corrected chi connectivity index (χ1v) is 6.60. The van der Waals surface area contributed by atoms with E-state index in [4.69, 9.17) is 16.7 Å². The third-order valence-electron chi connectivity index (χ3n) is 2.04. The molecule has 7 heteroatoms. The summed E-state index contributed by atoms with van der Waals surface area (Å²) in [4.78, 5) is 3.74. The maximum absolute atomic E-state index is 11.8. The molecule has 0 fully saturated rings. The standard InChI is InChI=1S/C9H13ClN2O3S/c1-2-7(6-13)12-16(14,15)8-3-4-11-9(10)5-8/h3-5,7,12-13H,2,6H2,1H3/t7-/m1/s1. The molecule has 5 nitrogen and oxygen atoms in total. The predicted molar refractivity (Wildman–Crippen MR) is 60.7 cm³/mol. The second kappa shape index (κ2) is 5.58. The Labute approximate surface area is 99.5 Å². The minimum Gasteiger partial charge on any atom is -0.395 e. The summed E-state index contributed by atoms with van der Waals surface area (Å²) in [6.45, 7) is 1.54. The number of nitrogens with zero attached hydrogens (tertiary/aromatic N) is 1. The number of sulfonamides is 1. The van der Waals surface area contributed by atoms with Crippen molar-refractivity contribution in [1.82, 2.24) is 9.71 Å². The van der Waals surface area contributed by atoms with Crippen LogP contribution in [0.5, 0.6) is 0 Å². The Kier molecular flexibility index (Phi) is 4.67. The lowest BCUT2D eigenvalue weighted by atomic mass is 10.3. The number of pyridine rings is 1. The van der Waals surface area contributed by atoms with Crippen molar-refractivity contribution in [3.8, 4) is 0 Å². The summed E-state index contributed by atoms with van der Waals surface area (Å²) in [5, 5.41) is 9.04. The summed E-state index contributed by atoms with van der Waals surface area (Å²) in [7, 11) is -3.64. The first kappa shape index (κ1) is 13.4. The molecule has 2 N–H and O–H groups in total. The van der Waals surface area contributed by atoms with Crippen LogP contribution in [0.2, 0.25) is 5.15 Å². The fraction of sp³-hybridized carbons (Fsp3) is 0.444. The lowest BCUT2D eigenvalue weighted by Gasteiger charge is -2.14. The van der Waals surface area contributed by atoms with E-state index >= 15 is 0 Å².